The van der Waals surface area contributed by atoms with Gasteiger partial charge >= 0.3 is 0 Å². The highest BCUT2D eigenvalue weighted by molar-refractivity contribution is 6.30. The van der Waals surface area contributed by atoms with E-state index in [0.717, 1.165) is 36.8 Å². The maximum Gasteiger partial charge on any atom is 0.127 e. The molecule has 1 aromatic carbocycles. The van der Waals surface area contributed by atoms with Crippen molar-refractivity contribution in [2.45, 2.75) is 52.0 Å². The molecule has 0 saturated carbocycles. The van der Waals surface area contributed by atoms with Gasteiger partial charge < -0.3 is 10.1 Å². The molecule has 1 aliphatic heterocycles. The molecule has 0 radical (unpaired) electrons. The lowest BCUT2D eigenvalue weighted by atomic mass is 9.97. The number of benzene rings is 1. The third-order valence-electron chi connectivity index (χ3n) is 3.70. The predicted octanol–water partition coefficient (Wildman–Crippen LogP) is 4.51. The summed E-state index contributed by atoms with van der Waals surface area (Å²) in [5, 5.41) is 4.41. The van der Waals surface area contributed by atoms with Gasteiger partial charge in [-0.15, -0.1) is 0 Å². The van der Waals surface area contributed by atoms with Crippen LogP contribution in [0.2, 0.25) is 5.02 Å². The second kappa shape index (κ2) is 7.16. The molecule has 0 aromatic heterocycles. The first-order valence-corrected chi connectivity index (χ1v) is 7.82. The molecule has 3 heteroatoms. The quantitative estimate of drug-likeness (QED) is 0.743. The lowest BCUT2D eigenvalue weighted by Crippen LogP contribution is -2.21. The van der Waals surface area contributed by atoms with Crippen LogP contribution in [-0.4, -0.2) is 13.2 Å². The summed E-state index contributed by atoms with van der Waals surface area (Å²) in [6.07, 6.45) is 5.92. The van der Waals surface area contributed by atoms with Crippen LogP contribution in [-0.2, 0) is 6.42 Å². The van der Waals surface area contributed by atoms with E-state index in [9.17, 15) is 0 Å². The molecular weight excluding hydrogens is 258 g/mol. The highest BCUT2D eigenvalue weighted by Gasteiger charge is 2.22. The molecule has 2 nitrogen and oxygen atoms in total. The molecule has 1 N–H and O–H groups in total. The average molecular weight is 282 g/mol. The van der Waals surface area contributed by atoms with Gasteiger partial charge in [0, 0.05) is 23.0 Å². The third-order valence-corrected chi connectivity index (χ3v) is 3.92. The van der Waals surface area contributed by atoms with Gasteiger partial charge in [0.15, 0.2) is 0 Å². The largest absolute Gasteiger partial charge is 0.493 e. The van der Waals surface area contributed by atoms with E-state index in [2.05, 4.69) is 25.2 Å². The zero-order chi connectivity index (χ0) is 13.7. The average Bonchev–Trinajstić information content (AvgIpc) is 2.85. The van der Waals surface area contributed by atoms with E-state index >= 15 is 0 Å². The van der Waals surface area contributed by atoms with Crippen molar-refractivity contribution in [1.29, 1.82) is 0 Å². The van der Waals surface area contributed by atoms with Crippen LogP contribution in [0.25, 0.3) is 0 Å². The third kappa shape index (κ3) is 3.64. The Bertz CT molecular complexity index is 419. The Morgan fingerprint density at radius 2 is 2.16 bits per heavy atom. The zero-order valence-corrected chi connectivity index (χ0v) is 12.7. The molecule has 1 heterocycles. The van der Waals surface area contributed by atoms with Crippen LogP contribution in [0.5, 0.6) is 5.75 Å². The minimum atomic E-state index is 0.363. The second-order valence-electron chi connectivity index (χ2n) is 5.19. The van der Waals surface area contributed by atoms with Crippen molar-refractivity contribution in [2.24, 2.45) is 0 Å². The summed E-state index contributed by atoms with van der Waals surface area (Å²) in [7, 11) is 0. The SMILES string of the molecule is CCCCCC(NCC)c1cc(Cl)cc2c1OCC2. The Morgan fingerprint density at radius 1 is 1.32 bits per heavy atom. The fraction of sp³-hybridized carbons (Fsp3) is 0.625. The van der Waals surface area contributed by atoms with E-state index in [1.807, 2.05) is 6.07 Å². The van der Waals surface area contributed by atoms with Gasteiger partial charge in [0.25, 0.3) is 0 Å². The topological polar surface area (TPSA) is 21.3 Å². The van der Waals surface area contributed by atoms with Crippen molar-refractivity contribution in [3.63, 3.8) is 0 Å². The molecule has 106 valence electrons. The van der Waals surface area contributed by atoms with Crippen molar-refractivity contribution in [3.8, 4) is 5.75 Å². The van der Waals surface area contributed by atoms with Gasteiger partial charge in [-0.3, -0.25) is 0 Å². The minimum absolute atomic E-state index is 0.363. The summed E-state index contributed by atoms with van der Waals surface area (Å²) in [6, 6.07) is 4.48. The molecule has 0 fully saturated rings. The molecule has 1 aliphatic rings. The van der Waals surface area contributed by atoms with Gasteiger partial charge in [-0.05, 0) is 30.7 Å². The summed E-state index contributed by atoms with van der Waals surface area (Å²) < 4.78 is 5.82. The van der Waals surface area contributed by atoms with Gasteiger partial charge in [0.05, 0.1) is 6.61 Å². The van der Waals surface area contributed by atoms with Gasteiger partial charge in [-0.1, -0.05) is 44.7 Å². The first-order valence-electron chi connectivity index (χ1n) is 7.44. The number of unbranched alkanes of at least 4 members (excludes halogenated alkanes) is 2. The van der Waals surface area contributed by atoms with Crippen LogP contribution in [0.4, 0.5) is 0 Å². The number of nitrogens with one attached hydrogen (secondary N) is 1. The van der Waals surface area contributed by atoms with Crippen molar-refractivity contribution in [2.75, 3.05) is 13.2 Å². The Morgan fingerprint density at radius 3 is 2.89 bits per heavy atom. The van der Waals surface area contributed by atoms with E-state index in [4.69, 9.17) is 16.3 Å². The maximum atomic E-state index is 6.25. The Hall–Kier alpha value is -0.730. The molecule has 0 aliphatic carbocycles. The number of fused-ring (bicyclic) bond motifs is 1. The summed E-state index contributed by atoms with van der Waals surface area (Å²) in [6.45, 7) is 6.15. The highest BCUT2D eigenvalue weighted by Crippen LogP contribution is 2.37. The van der Waals surface area contributed by atoms with E-state index < -0.39 is 0 Å². The predicted molar refractivity (Wildman–Crippen MR) is 81.2 cm³/mol. The van der Waals surface area contributed by atoms with E-state index in [1.165, 1.54) is 30.4 Å². The van der Waals surface area contributed by atoms with Crippen LogP contribution in [0.3, 0.4) is 0 Å². The van der Waals surface area contributed by atoms with Gasteiger partial charge in [-0.2, -0.15) is 0 Å². The summed E-state index contributed by atoms with van der Waals surface area (Å²) in [5.74, 6) is 1.08. The van der Waals surface area contributed by atoms with E-state index in [-0.39, 0.29) is 0 Å². The number of hydrogen-bond donors (Lipinski definition) is 1. The van der Waals surface area contributed by atoms with Gasteiger partial charge in [0.2, 0.25) is 0 Å². The van der Waals surface area contributed by atoms with Crippen LogP contribution in [0, 0.1) is 0 Å². The molecule has 1 aromatic rings. The Balaban J connectivity index is 2.20. The van der Waals surface area contributed by atoms with Crippen LogP contribution < -0.4 is 10.1 Å². The summed E-state index contributed by atoms with van der Waals surface area (Å²) >= 11 is 6.25. The molecule has 1 unspecified atom stereocenters. The lowest BCUT2D eigenvalue weighted by Gasteiger charge is -2.21. The first kappa shape index (κ1) is 14.7. The van der Waals surface area contributed by atoms with E-state index in [0.29, 0.717) is 6.04 Å². The van der Waals surface area contributed by atoms with Crippen LogP contribution in [0.15, 0.2) is 12.1 Å². The normalized spacial score (nSPS) is 15.1. The van der Waals surface area contributed by atoms with Crippen molar-refractivity contribution in [3.05, 3.63) is 28.3 Å². The van der Waals surface area contributed by atoms with Crippen molar-refractivity contribution >= 4 is 11.6 Å². The molecule has 19 heavy (non-hydrogen) atoms. The monoisotopic (exact) mass is 281 g/mol. The minimum Gasteiger partial charge on any atom is -0.493 e. The smallest absolute Gasteiger partial charge is 0.127 e. The standard InChI is InChI=1S/C16H24ClNO/c1-3-5-6-7-15(18-4-2)14-11-13(17)10-12-8-9-19-16(12)14/h10-11,15,18H,3-9H2,1-2H3. The molecular formula is C16H24ClNO. The number of rotatable bonds is 7. The second-order valence-corrected chi connectivity index (χ2v) is 5.62. The molecule has 1 atom stereocenters. The fourth-order valence-corrected chi connectivity index (χ4v) is 3.02. The lowest BCUT2D eigenvalue weighted by molar-refractivity contribution is 0.346. The number of hydrogen-bond acceptors (Lipinski definition) is 2. The Kier molecular flexibility index (Phi) is 5.53. The zero-order valence-electron chi connectivity index (χ0n) is 12.0. The van der Waals surface area contributed by atoms with Crippen LogP contribution in [0.1, 0.15) is 56.7 Å². The molecule has 0 saturated heterocycles. The van der Waals surface area contributed by atoms with Crippen molar-refractivity contribution < 1.29 is 4.74 Å². The number of ether oxygens (including phenoxy) is 1. The van der Waals surface area contributed by atoms with E-state index in [1.54, 1.807) is 0 Å². The molecule has 2 rings (SSSR count). The van der Waals surface area contributed by atoms with Crippen molar-refractivity contribution in [1.82, 2.24) is 5.32 Å². The maximum absolute atomic E-state index is 6.25. The molecule has 0 bridgehead atoms. The highest BCUT2D eigenvalue weighted by atomic mass is 35.5. The van der Waals surface area contributed by atoms with Crippen LogP contribution >= 0.6 is 11.6 Å². The fourth-order valence-electron chi connectivity index (χ4n) is 2.77. The first-order chi connectivity index (χ1) is 9.26. The Labute approximate surface area is 121 Å². The van der Waals surface area contributed by atoms with Gasteiger partial charge in [0.1, 0.15) is 5.75 Å². The summed E-state index contributed by atoms with van der Waals surface area (Å²) in [5.41, 5.74) is 2.51. The molecule has 0 spiro atoms. The molecule has 0 amide bonds. The number of halogens is 1. The summed E-state index contributed by atoms with van der Waals surface area (Å²) in [4.78, 5) is 0. The van der Waals surface area contributed by atoms with Gasteiger partial charge in [-0.25, -0.2) is 0 Å².